The summed E-state index contributed by atoms with van der Waals surface area (Å²) in [6.07, 6.45) is 15.1. The Kier molecular flexibility index (Phi) is 3.71. The highest BCUT2D eigenvalue weighted by Crippen LogP contribution is 2.61. The molecule has 0 radical (unpaired) electrons. The number of rotatable bonds is 6. The van der Waals surface area contributed by atoms with Gasteiger partial charge in [0.05, 0.1) is 0 Å². The van der Waals surface area contributed by atoms with E-state index in [9.17, 15) is 0 Å². The Morgan fingerprint density at radius 1 is 1.06 bits per heavy atom. The van der Waals surface area contributed by atoms with Crippen molar-refractivity contribution in [3.63, 3.8) is 0 Å². The molecule has 1 nitrogen and oxygen atoms in total. The van der Waals surface area contributed by atoms with Crippen molar-refractivity contribution in [1.82, 2.24) is 5.32 Å². The Labute approximate surface area is 113 Å². The average Bonchev–Trinajstić information content (AvgIpc) is 2.32. The van der Waals surface area contributed by atoms with E-state index >= 15 is 0 Å². The van der Waals surface area contributed by atoms with E-state index in [4.69, 9.17) is 0 Å². The van der Waals surface area contributed by atoms with E-state index in [0.717, 1.165) is 29.2 Å². The molecule has 4 aliphatic rings. The van der Waals surface area contributed by atoms with Crippen molar-refractivity contribution < 1.29 is 0 Å². The van der Waals surface area contributed by atoms with Crippen molar-refractivity contribution in [3.8, 4) is 0 Å². The number of hydrogen-bond acceptors (Lipinski definition) is 1. The maximum absolute atomic E-state index is 3.61. The third-order valence-corrected chi connectivity index (χ3v) is 6.16. The molecule has 0 heterocycles. The van der Waals surface area contributed by atoms with E-state index in [2.05, 4.69) is 19.3 Å². The third kappa shape index (κ3) is 2.48. The molecular formula is C17H31N. The van der Waals surface area contributed by atoms with Crippen LogP contribution in [0.25, 0.3) is 0 Å². The third-order valence-electron chi connectivity index (χ3n) is 6.16. The molecule has 18 heavy (non-hydrogen) atoms. The molecule has 1 N–H and O–H groups in total. The first kappa shape index (κ1) is 13.0. The molecule has 0 aliphatic heterocycles. The van der Waals surface area contributed by atoms with Crippen LogP contribution in [0.5, 0.6) is 0 Å². The molecule has 1 atom stereocenters. The molecule has 1 unspecified atom stereocenters. The van der Waals surface area contributed by atoms with E-state index in [1.54, 1.807) is 38.5 Å². The molecule has 1 heteroatoms. The summed E-state index contributed by atoms with van der Waals surface area (Å²) in [5, 5.41) is 3.61. The molecular weight excluding hydrogens is 218 g/mol. The monoisotopic (exact) mass is 249 g/mol. The smallest absolute Gasteiger partial charge is 0.00693 e. The highest BCUT2D eigenvalue weighted by Gasteiger charge is 2.51. The summed E-state index contributed by atoms with van der Waals surface area (Å²) in [6, 6.07) is 0.793. The average molecular weight is 249 g/mol. The second kappa shape index (κ2) is 5.15. The van der Waals surface area contributed by atoms with Gasteiger partial charge in [0.1, 0.15) is 0 Å². The topological polar surface area (TPSA) is 12.0 Å². The highest BCUT2D eigenvalue weighted by molar-refractivity contribution is 5.02. The maximum Gasteiger partial charge on any atom is 0.00693 e. The first-order chi connectivity index (χ1) is 8.73. The van der Waals surface area contributed by atoms with Gasteiger partial charge in [0.25, 0.3) is 0 Å². The summed E-state index contributed by atoms with van der Waals surface area (Å²) in [5.41, 5.74) is 0.760. The van der Waals surface area contributed by atoms with Crippen LogP contribution in [0.2, 0.25) is 0 Å². The Hall–Kier alpha value is -0.0400. The van der Waals surface area contributed by atoms with Crippen LogP contribution in [-0.2, 0) is 0 Å². The molecule has 4 aliphatic carbocycles. The van der Waals surface area contributed by atoms with E-state index in [1.165, 1.54) is 25.7 Å². The first-order valence-electron chi connectivity index (χ1n) is 8.40. The van der Waals surface area contributed by atoms with E-state index < -0.39 is 0 Å². The summed E-state index contributed by atoms with van der Waals surface area (Å²) in [5.74, 6) is 3.33. The number of nitrogens with one attached hydrogen (secondary N) is 1. The maximum atomic E-state index is 3.61. The van der Waals surface area contributed by atoms with Crippen molar-refractivity contribution >= 4 is 0 Å². The van der Waals surface area contributed by atoms with Gasteiger partial charge in [0, 0.05) is 6.04 Å². The molecule has 4 saturated carbocycles. The van der Waals surface area contributed by atoms with Crippen LogP contribution < -0.4 is 5.32 Å². The van der Waals surface area contributed by atoms with Crippen LogP contribution >= 0.6 is 0 Å². The molecule has 0 aromatic heterocycles. The minimum Gasteiger partial charge on any atom is -0.317 e. The zero-order valence-corrected chi connectivity index (χ0v) is 12.4. The van der Waals surface area contributed by atoms with Crippen molar-refractivity contribution in [3.05, 3.63) is 0 Å². The van der Waals surface area contributed by atoms with Gasteiger partial charge in [-0.15, -0.1) is 0 Å². The van der Waals surface area contributed by atoms with E-state index in [0.29, 0.717) is 0 Å². The predicted molar refractivity (Wildman–Crippen MR) is 77.6 cm³/mol. The lowest BCUT2D eigenvalue weighted by molar-refractivity contribution is -0.0621. The number of hydrogen-bond donors (Lipinski definition) is 1. The van der Waals surface area contributed by atoms with Crippen LogP contribution in [0.1, 0.15) is 71.1 Å². The Balaban J connectivity index is 1.64. The van der Waals surface area contributed by atoms with E-state index in [-0.39, 0.29) is 0 Å². The van der Waals surface area contributed by atoms with Gasteiger partial charge in [-0.3, -0.25) is 0 Å². The summed E-state index contributed by atoms with van der Waals surface area (Å²) in [4.78, 5) is 0. The van der Waals surface area contributed by atoms with Gasteiger partial charge in [0.2, 0.25) is 0 Å². The molecule has 4 fully saturated rings. The lowest BCUT2D eigenvalue weighted by Crippen LogP contribution is -2.48. The fourth-order valence-corrected chi connectivity index (χ4v) is 5.86. The normalized spacial score (nSPS) is 43.3. The van der Waals surface area contributed by atoms with Crippen LogP contribution in [0.3, 0.4) is 0 Å². The predicted octanol–water partition coefficient (Wildman–Crippen LogP) is 4.37. The lowest BCUT2D eigenvalue weighted by atomic mass is 9.48. The van der Waals surface area contributed by atoms with Crippen molar-refractivity contribution in [2.75, 3.05) is 7.05 Å². The van der Waals surface area contributed by atoms with Gasteiger partial charge in [-0.1, -0.05) is 19.8 Å². The Morgan fingerprint density at radius 3 is 2.06 bits per heavy atom. The summed E-state index contributed by atoms with van der Waals surface area (Å²) in [6.45, 7) is 2.32. The molecule has 0 aromatic carbocycles. The largest absolute Gasteiger partial charge is 0.317 e. The second-order valence-corrected chi connectivity index (χ2v) is 7.75. The fourth-order valence-electron chi connectivity index (χ4n) is 5.86. The van der Waals surface area contributed by atoms with Gasteiger partial charge in [-0.25, -0.2) is 0 Å². The van der Waals surface area contributed by atoms with Crippen LogP contribution in [-0.4, -0.2) is 13.1 Å². The Bertz CT molecular complexity index is 248. The molecule has 4 rings (SSSR count). The lowest BCUT2D eigenvalue weighted by Gasteiger charge is -2.57. The van der Waals surface area contributed by atoms with Crippen molar-refractivity contribution in [1.29, 1.82) is 0 Å². The molecule has 0 spiro atoms. The quantitative estimate of drug-likeness (QED) is 0.737. The van der Waals surface area contributed by atoms with Crippen LogP contribution in [0.15, 0.2) is 0 Å². The minimum atomic E-state index is 0.760. The Morgan fingerprint density at radius 2 is 1.61 bits per heavy atom. The standard InChI is InChI=1S/C17H31N/c1-3-4-5-16(18-2)12-17-9-13-6-14(10-17)8-15(7-13)11-17/h13-16,18H,3-12H2,1-2H3. The fraction of sp³-hybridized carbons (Fsp3) is 1.00. The van der Waals surface area contributed by atoms with Gasteiger partial charge in [-0.2, -0.15) is 0 Å². The summed E-state index contributed by atoms with van der Waals surface area (Å²) < 4.78 is 0. The van der Waals surface area contributed by atoms with Crippen LogP contribution in [0.4, 0.5) is 0 Å². The minimum absolute atomic E-state index is 0.760. The first-order valence-corrected chi connectivity index (χ1v) is 8.40. The number of unbranched alkanes of at least 4 members (excludes halogenated alkanes) is 1. The van der Waals surface area contributed by atoms with Gasteiger partial charge in [0.15, 0.2) is 0 Å². The van der Waals surface area contributed by atoms with E-state index in [1.807, 2.05) is 0 Å². The zero-order valence-electron chi connectivity index (χ0n) is 12.4. The summed E-state index contributed by atoms with van der Waals surface area (Å²) >= 11 is 0. The molecule has 0 amide bonds. The SMILES string of the molecule is CCCCC(CC12CC3CC(CC(C3)C1)C2)NC. The zero-order chi connectivity index (χ0) is 12.6. The summed E-state index contributed by atoms with van der Waals surface area (Å²) in [7, 11) is 2.18. The molecule has 0 saturated heterocycles. The molecule has 104 valence electrons. The van der Waals surface area contributed by atoms with Crippen LogP contribution in [0, 0.1) is 23.2 Å². The van der Waals surface area contributed by atoms with Gasteiger partial charge >= 0.3 is 0 Å². The molecule has 0 aromatic rings. The van der Waals surface area contributed by atoms with Gasteiger partial charge < -0.3 is 5.32 Å². The second-order valence-electron chi connectivity index (χ2n) is 7.75. The molecule has 4 bridgehead atoms. The van der Waals surface area contributed by atoms with Gasteiger partial charge in [-0.05, 0) is 81.6 Å². The van der Waals surface area contributed by atoms with Crippen molar-refractivity contribution in [2.24, 2.45) is 23.2 Å². The highest BCUT2D eigenvalue weighted by atomic mass is 14.9. The van der Waals surface area contributed by atoms with Crippen molar-refractivity contribution in [2.45, 2.75) is 77.2 Å².